The van der Waals surface area contributed by atoms with E-state index >= 15 is 0 Å². The fraction of sp³-hybridized carbons (Fsp3) is 0.364. The predicted octanol–water partition coefficient (Wildman–Crippen LogP) is 3.14. The smallest absolute Gasteiger partial charge is 0.161 e. The molecule has 0 saturated heterocycles. The van der Waals surface area contributed by atoms with Gasteiger partial charge in [0.15, 0.2) is 17.5 Å². The second-order valence-electron chi connectivity index (χ2n) is 4.46. The van der Waals surface area contributed by atoms with Gasteiger partial charge < -0.3 is 5.73 Å². The van der Waals surface area contributed by atoms with E-state index in [9.17, 15) is 13.2 Å². The van der Waals surface area contributed by atoms with E-state index in [0.29, 0.717) is 12.1 Å². The molecule has 0 heterocycles. The van der Waals surface area contributed by atoms with Crippen molar-refractivity contribution in [3.05, 3.63) is 29.6 Å². The van der Waals surface area contributed by atoms with Crippen molar-refractivity contribution in [3.8, 4) is 0 Å². The van der Waals surface area contributed by atoms with E-state index in [1.54, 1.807) is 20.8 Å². The average Bonchev–Trinajstić information content (AvgIpc) is 2.12. The zero-order valence-corrected chi connectivity index (χ0v) is 9.31. The number of hydrogen-bond donors (Lipinski definition) is 1. The third kappa shape index (κ3) is 2.74. The van der Waals surface area contributed by atoms with Crippen LogP contribution in [0.3, 0.4) is 0 Å². The molecule has 0 fully saturated rings. The molecule has 0 aliphatic heterocycles. The van der Waals surface area contributed by atoms with Gasteiger partial charge in [0.25, 0.3) is 0 Å². The lowest BCUT2D eigenvalue weighted by Crippen LogP contribution is -2.28. The fourth-order valence-electron chi connectivity index (χ4n) is 0.895. The van der Waals surface area contributed by atoms with Crippen molar-refractivity contribution < 1.29 is 13.2 Å². The minimum absolute atomic E-state index is 0.150. The summed E-state index contributed by atoms with van der Waals surface area (Å²) in [6, 6.07) is 1.13. The van der Waals surface area contributed by atoms with Gasteiger partial charge in [-0.2, -0.15) is 0 Å². The fourth-order valence-corrected chi connectivity index (χ4v) is 0.895. The van der Waals surface area contributed by atoms with Gasteiger partial charge in [-0.3, -0.25) is 0 Å². The Morgan fingerprint density at radius 3 is 2.06 bits per heavy atom. The number of hydrogen-bond acceptors (Lipinski definition) is 1. The highest BCUT2D eigenvalue weighted by Gasteiger charge is 2.17. The first-order valence-corrected chi connectivity index (χ1v) is 4.71. The van der Waals surface area contributed by atoms with Gasteiger partial charge in [0.05, 0.1) is 0 Å². The Morgan fingerprint density at radius 1 is 1.06 bits per heavy atom. The van der Waals surface area contributed by atoms with E-state index in [4.69, 9.17) is 5.73 Å². The van der Waals surface area contributed by atoms with Crippen LogP contribution >= 0.6 is 0 Å². The van der Waals surface area contributed by atoms with Crippen molar-refractivity contribution in [2.45, 2.75) is 20.8 Å². The van der Waals surface area contributed by atoms with Crippen LogP contribution in [-0.2, 0) is 0 Å². The molecule has 0 unspecified atom stereocenters. The minimum Gasteiger partial charge on any atom is -0.387 e. The first kappa shape index (κ1) is 12.5. The van der Waals surface area contributed by atoms with E-state index in [2.05, 4.69) is 4.99 Å². The Balaban J connectivity index is 3.21. The highest BCUT2D eigenvalue weighted by Crippen LogP contribution is 2.23. The van der Waals surface area contributed by atoms with Crippen LogP contribution in [-0.4, -0.2) is 5.84 Å². The summed E-state index contributed by atoms with van der Waals surface area (Å²) in [6.07, 6.45) is 0. The molecule has 0 aliphatic rings. The maximum absolute atomic E-state index is 13.2. The summed E-state index contributed by atoms with van der Waals surface area (Å²) < 4.78 is 38.7. The highest BCUT2D eigenvalue weighted by atomic mass is 19.2. The first-order chi connectivity index (χ1) is 7.21. The molecule has 5 heteroatoms. The van der Waals surface area contributed by atoms with E-state index in [0.717, 1.165) is 0 Å². The van der Waals surface area contributed by atoms with E-state index in [1.807, 2.05) is 0 Å². The van der Waals surface area contributed by atoms with Crippen molar-refractivity contribution in [2.75, 3.05) is 0 Å². The van der Waals surface area contributed by atoms with Crippen LogP contribution in [0.1, 0.15) is 20.8 Å². The molecule has 1 rings (SSSR count). The lowest BCUT2D eigenvalue weighted by molar-refractivity contribution is 0.495. The number of aliphatic imine (C=N–C) groups is 1. The molecule has 0 aliphatic carbocycles. The van der Waals surface area contributed by atoms with Gasteiger partial charge in [0.1, 0.15) is 11.5 Å². The molecule has 2 nitrogen and oxygen atoms in total. The largest absolute Gasteiger partial charge is 0.387 e. The molecule has 2 N–H and O–H groups in total. The van der Waals surface area contributed by atoms with Gasteiger partial charge in [-0.25, -0.2) is 18.2 Å². The molecule has 1 aromatic rings. The molecule has 0 amide bonds. The summed E-state index contributed by atoms with van der Waals surface area (Å²) in [7, 11) is 0. The second kappa shape index (κ2) is 4.15. The first-order valence-electron chi connectivity index (χ1n) is 4.71. The van der Waals surface area contributed by atoms with Crippen molar-refractivity contribution in [2.24, 2.45) is 16.1 Å². The topological polar surface area (TPSA) is 38.4 Å². The molecule has 88 valence electrons. The summed E-state index contributed by atoms with van der Waals surface area (Å²) in [5, 5.41) is 0. The quantitative estimate of drug-likeness (QED) is 0.449. The Labute approximate surface area is 92.0 Å². The van der Waals surface area contributed by atoms with Crippen molar-refractivity contribution >= 4 is 11.5 Å². The van der Waals surface area contributed by atoms with Gasteiger partial charge in [0.2, 0.25) is 0 Å². The summed E-state index contributed by atoms with van der Waals surface area (Å²) in [6.45, 7) is 5.34. The zero-order valence-electron chi connectivity index (χ0n) is 9.31. The van der Waals surface area contributed by atoms with Crippen LogP contribution in [0.15, 0.2) is 17.1 Å². The summed E-state index contributed by atoms with van der Waals surface area (Å²) in [5.41, 5.74) is 4.85. The lowest BCUT2D eigenvalue weighted by atomic mass is 9.95. The SMILES string of the molecule is CC(C)(C)C(N)=Nc1cc(F)c(F)cc1F. The molecule has 0 radical (unpaired) electrons. The van der Waals surface area contributed by atoms with Gasteiger partial charge in [-0.05, 0) is 0 Å². The maximum atomic E-state index is 13.2. The van der Waals surface area contributed by atoms with Crippen molar-refractivity contribution in [3.63, 3.8) is 0 Å². The lowest BCUT2D eigenvalue weighted by Gasteiger charge is -2.17. The van der Waals surface area contributed by atoms with Gasteiger partial charge in [0, 0.05) is 17.5 Å². The van der Waals surface area contributed by atoms with Crippen LogP contribution in [0, 0.1) is 22.9 Å². The monoisotopic (exact) mass is 230 g/mol. The number of rotatable bonds is 1. The average molecular weight is 230 g/mol. The molecular weight excluding hydrogens is 217 g/mol. The molecular formula is C11H13F3N2. The van der Waals surface area contributed by atoms with Crippen LogP contribution in [0.25, 0.3) is 0 Å². The van der Waals surface area contributed by atoms with Crippen LogP contribution in [0.2, 0.25) is 0 Å². The summed E-state index contributed by atoms with van der Waals surface area (Å²) >= 11 is 0. The van der Waals surface area contributed by atoms with E-state index in [1.165, 1.54) is 0 Å². The Hall–Kier alpha value is -1.52. The van der Waals surface area contributed by atoms with Crippen LogP contribution in [0.5, 0.6) is 0 Å². The number of benzene rings is 1. The number of halogens is 3. The third-order valence-electron chi connectivity index (χ3n) is 2.00. The highest BCUT2D eigenvalue weighted by molar-refractivity contribution is 5.87. The molecule has 0 saturated carbocycles. The molecule has 16 heavy (non-hydrogen) atoms. The number of nitrogens with two attached hydrogens (primary N) is 1. The van der Waals surface area contributed by atoms with Crippen LogP contribution in [0.4, 0.5) is 18.9 Å². The minimum atomic E-state index is -1.24. The third-order valence-corrected chi connectivity index (χ3v) is 2.00. The Bertz CT molecular complexity index is 434. The van der Waals surface area contributed by atoms with Crippen molar-refractivity contribution in [1.29, 1.82) is 0 Å². The van der Waals surface area contributed by atoms with E-state index in [-0.39, 0.29) is 11.5 Å². The Kier molecular flexibility index (Phi) is 3.26. The maximum Gasteiger partial charge on any atom is 0.161 e. The van der Waals surface area contributed by atoms with Gasteiger partial charge >= 0.3 is 0 Å². The number of amidine groups is 1. The summed E-state index contributed by atoms with van der Waals surface area (Å²) in [4.78, 5) is 3.74. The molecule has 0 atom stereocenters. The molecule has 1 aromatic carbocycles. The van der Waals surface area contributed by atoms with Crippen LogP contribution < -0.4 is 5.73 Å². The van der Waals surface area contributed by atoms with Gasteiger partial charge in [-0.15, -0.1) is 0 Å². The molecule has 0 aromatic heterocycles. The van der Waals surface area contributed by atoms with E-state index < -0.39 is 22.9 Å². The second-order valence-corrected chi connectivity index (χ2v) is 4.46. The van der Waals surface area contributed by atoms with Crippen molar-refractivity contribution in [1.82, 2.24) is 0 Å². The molecule has 0 spiro atoms. The normalized spacial score (nSPS) is 13.0. The Morgan fingerprint density at radius 2 is 1.56 bits per heavy atom. The summed E-state index contributed by atoms with van der Waals surface area (Å²) in [5.74, 6) is -3.18. The van der Waals surface area contributed by atoms with Gasteiger partial charge in [-0.1, -0.05) is 20.8 Å². The zero-order chi connectivity index (χ0) is 12.5. The number of nitrogens with zero attached hydrogens (tertiary/aromatic N) is 1. The standard InChI is InChI=1S/C11H13F3N2/c1-11(2,3)10(15)16-9-5-7(13)6(12)4-8(9)14/h4-5H,1-3H3,(H2,15,16). The predicted molar refractivity (Wildman–Crippen MR) is 57.1 cm³/mol. The molecule has 0 bridgehead atoms.